The summed E-state index contributed by atoms with van der Waals surface area (Å²) in [7, 11) is 0. The van der Waals surface area contributed by atoms with Gasteiger partial charge in [0.2, 0.25) is 0 Å². The van der Waals surface area contributed by atoms with Gasteiger partial charge in [-0.15, -0.1) is 0 Å². The zero-order chi connectivity index (χ0) is 8.72. The Bertz CT molecular complexity index is 433. The number of nitrogens with zero attached hydrogens (tertiary/aromatic N) is 1. The topological polar surface area (TPSA) is 54.7 Å². The van der Waals surface area contributed by atoms with Gasteiger partial charge in [-0.2, -0.15) is 0 Å². The van der Waals surface area contributed by atoms with Crippen LogP contribution in [0.5, 0.6) is 0 Å². The highest BCUT2D eigenvalue weighted by molar-refractivity contribution is 5.80. The molecule has 0 radical (unpaired) electrons. The second-order valence-electron chi connectivity index (χ2n) is 2.69. The number of benzene rings is 1. The second-order valence-corrected chi connectivity index (χ2v) is 2.69. The molecule has 62 valence electrons. The third-order valence-electron chi connectivity index (χ3n) is 1.86. The van der Waals surface area contributed by atoms with E-state index in [1.165, 1.54) is 6.07 Å². The Kier molecular flexibility index (Phi) is 1.30. The number of nitrogens with two attached hydrogens (primary N) is 1. The molecule has 4 heteroatoms. The van der Waals surface area contributed by atoms with Crippen molar-refractivity contribution in [2.45, 2.75) is 6.92 Å². The van der Waals surface area contributed by atoms with Gasteiger partial charge >= 0.3 is 0 Å². The van der Waals surface area contributed by atoms with Crippen LogP contribution in [0.25, 0.3) is 11.0 Å². The lowest BCUT2D eigenvalue weighted by atomic mass is 10.2. The van der Waals surface area contributed by atoms with Crippen LogP contribution in [0.3, 0.4) is 0 Å². The summed E-state index contributed by atoms with van der Waals surface area (Å²) in [4.78, 5) is 6.78. The third-order valence-corrected chi connectivity index (χ3v) is 1.86. The number of aryl methyl sites for hydroxylation is 1. The first kappa shape index (κ1) is 7.09. The maximum absolute atomic E-state index is 13.0. The summed E-state index contributed by atoms with van der Waals surface area (Å²) in [6.45, 7) is 1.68. The van der Waals surface area contributed by atoms with E-state index in [2.05, 4.69) is 9.97 Å². The minimum atomic E-state index is -0.256. The smallest absolute Gasteiger partial charge is 0.198 e. The SMILES string of the molecule is Cc1c(F)ccc2[nH]c(N)nc12. The molecule has 0 atom stereocenters. The summed E-state index contributed by atoms with van der Waals surface area (Å²) >= 11 is 0. The molecular weight excluding hydrogens is 157 g/mol. The monoisotopic (exact) mass is 165 g/mol. The van der Waals surface area contributed by atoms with Crippen molar-refractivity contribution in [1.29, 1.82) is 0 Å². The highest BCUT2D eigenvalue weighted by Crippen LogP contribution is 2.18. The predicted molar refractivity (Wildman–Crippen MR) is 45.2 cm³/mol. The minimum absolute atomic E-state index is 0.256. The zero-order valence-electron chi connectivity index (χ0n) is 6.56. The van der Waals surface area contributed by atoms with E-state index in [1.807, 2.05) is 0 Å². The highest BCUT2D eigenvalue weighted by atomic mass is 19.1. The van der Waals surface area contributed by atoms with E-state index in [0.29, 0.717) is 17.0 Å². The molecule has 0 bridgehead atoms. The summed E-state index contributed by atoms with van der Waals surface area (Å²) in [5.74, 6) is 0.0627. The van der Waals surface area contributed by atoms with Crippen molar-refractivity contribution >= 4 is 17.0 Å². The number of fused-ring (bicyclic) bond motifs is 1. The molecule has 1 aromatic heterocycles. The highest BCUT2D eigenvalue weighted by Gasteiger charge is 2.06. The van der Waals surface area contributed by atoms with Gasteiger partial charge in [-0.25, -0.2) is 9.37 Å². The van der Waals surface area contributed by atoms with E-state index >= 15 is 0 Å². The quantitative estimate of drug-likeness (QED) is 0.622. The second kappa shape index (κ2) is 2.20. The minimum Gasteiger partial charge on any atom is -0.369 e. The number of aromatic nitrogens is 2. The Morgan fingerprint density at radius 1 is 1.50 bits per heavy atom. The molecule has 3 nitrogen and oxygen atoms in total. The summed E-state index contributed by atoms with van der Waals surface area (Å²) in [5, 5.41) is 0. The van der Waals surface area contributed by atoms with E-state index < -0.39 is 0 Å². The Morgan fingerprint density at radius 2 is 2.25 bits per heavy atom. The van der Waals surface area contributed by atoms with Crippen LogP contribution < -0.4 is 5.73 Å². The Morgan fingerprint density at radius 3 is 3.00 bits per heavy atom. The van der Waals surface area contributed by atoms with Gasteiger partial charge in [0.25, 0.3) is 0 Å². The number of hydrogen-bond acceptors (Lipinski definition) is 2. The maximum Gasteiger partial charge on any atom is 0.198 e. The Labute approximate surface area is 68.4 Å². The number of rotatable bonds is 0. The molecule has 1 aromatic carbocycles. The van der Waals surface area contributed by atoms with Crippen LogP contribution in [0.1, 0.15) is 5.56 Å². The van der Waals surface area contributed by atoms with Gasteiger partial charge in [0.15, 0.2) is 5.95 Å². The van der Waals surface area contributed by atoms with Gasteiger partial charge in [0, 0.05) is 5.56 Å². The first-order valence-corrected chi connectivity index (χ1v) is 3.59. The van der Waals surface area contributed by atoms with Gasteiger partial charge in [0.1, 0.15) is 5.82 Å². The Hall–Kier alpha value is -1.58. The molecule has 0 aliphatic rings. The molecule has 0 aliphatic heterocycles. The maximum atomic E-state index is 13.0. The fraction of sp³-hybridized carbons (Fsp3) is 0.125. The van der Waals surface area contributed by atoms with Crippen LogP contribution in [0.15, 0.2) is 12.1 Å². The normalized spacial score (nSPS) is 10.8. The molecule has 0 amide bonds. The van der Waals surface area contributed by atoms with Crippen molar-refractivity contribution in [2.75, 3.05) is 5.73 Å². The van der Waals surface area contributed by atoms with E-state index in [0.717, 1.165) is 5.52 Å². The van der Waals surface area contributed by atoms with Gasteiger partial charge in [0.05, 0.1) is 11.0 Å². The lowest BCUT2D eigenvalue weighted by Gasteiger charge is -1.94. The molecular formula is C8H8FN3. The number of halogens is 1. The first-order valence-electron chi connectivity index (χ1n) is 3.59. The number of hydrogen-bond donors (Lipinski definition) is 2. The summed E-state index contributed by atoms with van der Waals surface area (Å²) < 4.78 is 13.0. The molecule has 0 spiro atoms. The number of H-pyrrole nitrogens is 1. The summed E-state index contributed by atoms with van der Waals surface area (Å²) in [5.41, 5.74) is 7.32. The van der Waals surface area contributed by atoms with Crippen LogP contribution in [0.2, 0.25) is 0 Å². The van der Waals surface area contributed by atoms with Gasteiger partial charge in [-0.05, 0) is 19.1 Å². The van der Waals surface area contributed by atoms with E-state index in [-0.39, 0.29) is 5.82 Å². The van der Waals surface area contributed by atoms with Crippen LogP contribution in [-0.4, -0.2) is 9.97 Å². The fourth-order valence-electron chi connectivity index (χ4n) is 1.21. The molecule has 12 heavy (non-hydrogen) atoms. The van der Waals surface area contributed by atoms with Gasteiger partial charge < -0.3 is 10.7 Å². The van der Waals surface area contributed by atoms with Crippen molar-refractivity contribution in [3.8, 4) is 0 Å². The lowest BCUT2D eigenvalue weighted by molar-refractivity contribution is 0.620. The molecule has 0 saturated carbocycles. The molecule has 2 aromatic rings. The average molecular weight is 165 g/mol. The van der Waals surface area contributed by atoms with Crippen LogP contribution in [0.4, 0.5) is 10.3 Å². The van der Waals surface area contributed by atoms with Crippen molar-refractivity contribution < 1.29 is 4.39 Å². The van der Waals surface area contributed by atoms with Crippen LogP contribution >= 0.6 is 0 Å². The third kappa shape index (κ3) is 0.845. The van der Waals surface area contributed by atoms with Crippen LogP contribution in [-0.2, 0) is 0 Å². The average Bonchev–Trinajstić information content (AvgIpc) is 2.39. The van der Waals surface area contributed by atoms with E-state index in [4.69, 9.17) is 5.73 Å². The molecule has 0 saturated heterocycles. The fourth-order valence-corrected chi connectivity index (χ4v) is 1.21. The number of nitrogen functional groups attached to an aromatic ring is 1. The standard InChI is InChI=1S/C8H8FN3/c1-4-5(9)2-3-6-7(4)12-8(10)11-6/h2-3H,1H3,(H3,10,11,12). The van der Waals surface area contributed by atoms with Crippen molar-refractivity contribution in [1.82, 2.24) is 9.97 Å². The number of imidazole rings is 1. The number of nitrogens with one attached hydrogen (secondary N) is 1. The molecule has 2 rings (SSSR count). The molecule has 0 aliphatic carbocycles. The molecule has 3 N–H and O–H groups in total. The van der Waals surface area contributed by atoms with E-state index in [1.54, 1.807) is 13.0 Å². The largest absolute Gasteiger partial charge is 0.369 e. The van der Waals surface area contributed by atoms with Gasteiger partial charge in [-0.1, -0.05) is 0 Å². The Balaban J connectivity index is 2.89. The number of aromatic amines is 1. The zero-order valence-corrected chi connectivity index (χ0v) is 6.56. The first-order chi connectivity index (χ1) is 5.68. The van der Waals surface area contributed by atoms with E-state index in [9.17, 15) is 4.39 Å². The molecule has 0 fully saturated rings. The molecule has 0 unspecified atom stereocenters. The van der Waals surface area contributed by atoms with Crippen LogP contribution in [0, 0.1) is 12.7 Å². The van der Waals surface area contributed by atoms with Gasteiger partial charge in [-0.3, -0.25) is 0 Å². The number of anilines is 1. The summed E-state index contributed by atoms with van der Waals surface area (Å²) in [6.07, 6.45) is 0. The molecule has 1 heterocycles. The van der Waals surface area contributed by atoms with Crippen molar-refractivity contribution in [3.63, 3.8) is 0 Å². The predicted octanol–water partition coefficient (Wildman–Crippen LogP) is 1.59. The summed E-state index contributed by atoms with van der Waals surface area (Å²) in [6, 6.07) is 3.02. The lowest BCUT2D eigenvalue weighted by Crippen LogP contribution is -1.85. The van der Waals surface area contributed by atoms with Crippen molar-refractivity contribution in [3.05, 3.63) is 23.5 Å². The van der Waals surface area contributed by atoms with Crippen molar-refractivity contribution in [2.24, 2.45) is 0 Å².